The molecule has 0 saturated carbocycles. The molecule has 0 radical (unpaired) electrons. The fourth-order valence-electron chi connectivity index (χ4n) is 1.65. The van der Waals surface area contributed by atoms with Crippen LogP contribution in [0.5, 0.6) is 5.75 Å². The molecule has 0 aliphatic heterocycles. The fourth-order valence-corrected chi connectivity index (χ4v) is 2.03. The second-order valence-corrected chi connectivity index (χ2v) is 5.27. The topological polar surface area (TPSA) is 26.3 Å². The lowest BCUT2D eigenvalue weighted by atomic mass is 10.1. The molecule has 2 nitrogen and oxygen atoms in total. The Morgan fingerprint density at radius 2 is 2.06 bits per heavy atom. The first-order valence-electron chi connectivity index (χ1n) is 5.44. The summed E-state index contributed by atoms with van der Waals surface area (Å²) in [6.45, 7) is 6.33. The van der Waals surface area contributed by atoms with E-state index in [9.17, 15) is 4.79 Å². The molecule has 1 rings (SSSR count). The highest BCUT2D eigenvalue weighted by atomic mass is 79.9. The molecule has 0 amide bonds. The smallest absolute Gasteiger partial charge is 0.153 e. The van der Waals surface area contributed by atoms with Gasteiger partial charge in [0.25, 0.3) is 0 Å². The average Bonchev–Trinajstić information content (AvgIpc) is 2.19. The van der Waals surface area contributed by atoms with Crippen molar-refractivity contribution in [3.8, 4) is 5.75 Å². The standard InChI is InChI=1S/C13H17BrO2/c1-9(2)6-10(3)16-13-5-4-12(14)7-11(13)8-15/h4-5,7-10H,6H2,1-3H3. The maximum absolute atomic E-state index is 10.9. The van der Waals surface area contributed by atoms with Gasteiger partial charge in [0.05, 0.1) is 11.7 Å². The van der Waals surface area contributed by atoms with E-state index in [0.717, 1.165) is 17.2 Å². The third-order valence-electron chi connectivity index (χ3n) is 2.23. The summed E-state index contributed by atoms with van der Waals surface area (Å²) in [5.41, 5.74) is 0.588. The van der Waals surface area contributed by atoms with E-state index in [1.807, 2.05) is 19.1 Å². The molecule has 0 N–H and O–H groups in total. The van der Waals surface area contributed by atoms with Crippen LogP contribution in [0.15, 0.2) is 22.7 Å². The monoisotopic (exact) mass is 284 g/mol. The van der Waals surface area contributed by atoms with Crippen LogP contribution in [0, 0.1) is 5.92 Å². The van der Waals surface area contributed by atoms with Gasteiger partial charge in [-0.05, 0) is 37.5 Å². The summed E-state index contributed by atoms with van der Waals surface area (Å²) in [5, 5.41) is 0. The number of rotatable bonds is 5. The van der Waals surface area contributed by atoms with Gasteiger partial charge in [-0.3, -0.25) is 4.79 Å². The van der Waals surface area contributed by atoms with Gasteiger partial charge in [0.15, 0.2) is 6.29 Å². The van der Waals surface area contributed by atoms with Gasteiger partial charge in [0, 0.05) is 4.47 Å². The van der Waals surface area contributed by atoms with Gasteiger partial charge in [0.2, 0.25) is 0 Å². The van der Waals surface area contributed by atoms with Crippen LogP contribution in [-0.2, 0) is 0 Å². The molecular weight excluding hydrogens is 268 g/mol. The minimum atomic E-state index is 0.125. The zero-order valence-corrected chi connectivity index (χ0v) is 11.5. The molecule has 88 valence electrons. The van der Waals surface area contributed by atoms with Crippen LogP contribution in [-0.4, -0.2) is 12.4 Å². The maximum Gasteiger partial charge on any atom is 0.153 e. The molecule has 3 heteroatoms. The van der Waals surface area contributed by atoms with Gasteiger partial charge in [-0.1, -0.05) is 29.8 Å². The molecule has 0 bridgehead atoms. The van der Waals surface area contributed by atoms with Gasteiger partial charge < -0.3 is 4.74 Å². The van der Waals surface area contributed by atoms with Crippen LogP contribution >= 0.6 is 15.9 Å². The molecular formula is C13H17BrO2. The number of carbonyl (C=O) groups excluding carboxylic acids is 1. The van der Waals surface area contributed by atoms with Gasteiger partial charge in [-0.25, -0.2) is 0 Å². The van der Waals surface area contributed by atoms with Crippen LogP contribution in [0.4, 0.5) is 0 Å². The van der Waals surface area contributed by atoms with Gasteiger partial charge in [-0.15, -0.1) is 0 Å². The average molecular weight is 285 g/mol. The summed E-state index contributed by atoms with van der Waals surface area (Å²) in [6.07, 6.45) is 1.93. The highest BCUT2D eigenvalue weighted by molar-refractivity contribution is 9.10. The Morgan fingerprint density at radius 1 is 1.38 bits per heavy atom. The molecule has 0 fully saturated rings. The number of hydrogen-bond acceptors (Lipinski definition) is 2. The van der Waals surface area contributed by atoms with Crippen molar-refractivity contribution in [2.75, 3.05) is 0 Å². The Bertz CT molecular complexity index is 361. The molecule has 0 spiro atoms. The van der Waals surface area contributed by atoms with Crippen LogP contribution in [0.25, 0.3) is 0 Å². The molecule has 0 saturated heterocycles. The summed E-state index contributed by atoms with van der Waals surface area (Å²) in [6, 6.07) is 5.47. The van der Waals surface area contributed by atoms with E-state index in [1.165, 1.54) is 0 Å². The second kappa shape index (κ2) is 6.04. The molecule has 0 aliphatic rings. The van der Waals surface area contributed by atoms with Crippen LogP contribution < -0.4 is 4.74 Å². The number of hydrogen-bond donors (Lipinski definition) is 0. The van der Waals surface area contributed by atoms with Crippen molar-refractivity contribution in [3.63, 3.8) is 0 Å². The first-order valence-corrected chi connectivity index (χ1v) is 6.23. The molecule has 16 heavy (non-hydrogen) atoms. The minimum absolute atomic E-state index is 0.125. The summed E-state index contributed by atoms with van der Waals surface area (Å²) in [4.78, 5) is 10.9. The van der Waals surface area contributed by atoms with E-state index in [2.05, 4.69) is 29.8 Å². The number of ether oxygens (including phenoxy) is 1. The van der Waals surface area contributed by atoms with Gasteiger partial charge in [-0.2, -0.15) is 0 Å². The summed E-state index contributed by atoms with van der Waals surface area (Å²) < 4.78 is 6.64. The van der Waals surface area contributed by atoms with Crippen LogP contribution in [0.3, 0.4) is 0 Å². The first kappa shape index (κ1) is 13.2. The summed E-state index contributed by atoms with van der Waals surface area (Å²) in [7, 11) is 0. The highest BCUT2D eigenvalue weighted by Gasteiger charge is 2.10. The first-order chi connectivity index (χ1) is 7.52. The second-order valence-electron chi connectivity index (χ2n) is 4.36. The van der Waals surface area contributed by atoms with Crippen molar-refractivity contribution in [1.29, 1.82) is 0 Å². The lowest BCUT2D eigenvalue weighted by Gasteiger charge is -2.17. The van der Waals surface area contributed by atoms with Crippen molar-refractivity contribution in [2.24, 2.45) is 5.92 Å². The predicted octanol–water partition coefficient (Wildman–Crippen LogP) is 4.08. The third-order valence-corrected chi connectivity index (χ3v) is 2.72. The molecule has 0 aromatic heterocycles. The molecule has 0 aliphatic carbocycles. The van der Waals surface area contributed by atoms with E-state index >= 15 is 0 Å². The Morgan fingerprint density at radius 3 is 2.62 bits per heavy atom. The Labute approximate surface area is 105 Å². The normalized spacial score (nSPS) is 12.6. The van der Waals surface area contributed by atoms with E-state index in [-0.39, 0.29) is 6.10 Å². The lowest BCUT2D eigenvalue weighted by Crippen LogP contribution is -2.15. The van der Waals surface area contributed by atoms with Crippen molar-refractivity contribution >= 4 is 22.2 Å². The largest absolute Gasteiger partial charge is 0.490 e. The molecule has 0 heterocycles. The predicted molar refractivity (Wildman–Crippen MR) is 69.1 cm³/mol. The Hall–Kier alpha value is -0.830. The Kier molecular flexibility index (Phi) is 5.00. The Balaban J connectivity index is 2.76. The zero-order valence-electron chi connectivity index (χ0n) is 9.87. The zero-order chi connectivity index (χ0) is 12.1. The SMILES string of the molecule is CC(C)CC(C)Oc1ccc(Br)cc1C=O. The molecule has 1 aromatic carbocycles. The molecule has 1 aromatic rings. The third kappa shape index (κ3) is 3.97. The number of aldehydes is 1. The van der Waals surface area contributed by atoms with Crippen molar-refractivity contribution < 1.29 is 9.53 Å². The number of halogens is 1. The van der Waals surface area contributed by atoms with Crippen molar-refractivity contribution in [1.82, 2.24) is 0 Å². The van der Waals surface area contributed by atoms with E-state index < -0.39 is 0 Å². The van der Waals surface area contributed by atoms with E-state index in [4.69, 9.17) is 4.74 Å². The fraction of sp³-hybridized carbons (Fsp3) is 0.462. The number of benzene rings is 1. The van der Waals surface area contributed by atoms with Gasteiger partial charge in [0.1, 0.15) is 5.75 Å². The van der Waals surface area contributed by atoms with Crippen LogP contribution in [0.2, 0.25) is 0 Å². The quantitative estimate of drug-likeness (QED) is 0.762. The molecule has 1 atom stereocenters. The molecule has 1 unspecified atom stereocenters. The van der Waals surface area contributed by atoms with Gasteiger partial charge >= 0.3 is 0 Å². The van der Waals surface area contributed by atoms with Crippen molar-refractivity contribution in [3.05, 3.63) is 28.2 Å². The maximum atomic E-state index is 10.9. The minimum Gasteiger partial charge on any atom is -0.490 e. The number of carbonyl (C=O) groups is 1. The van der Waals surface area contributed by atoms with Crippen LogP contribution in [0.1, 0.15) is 37.6 Å². The summed E-state index contributed by atoms with van der Waals surface area (Å²) >= 11 is 3.33. The van der Waals surface area contributed by atoms with E-state index in [1.54, 1.807) is 6.07 Å². The lowest BCUT2D eigenvalue weighted by molar-refractivity contribution is 0.111. The highest BCUT2D eigenvalue weighted by Crippen LogP contribution is 2.23. The van der Waals surface area contributed by atoms with Crippen molar-refractivity contribution in [2.45, 2.75) is 33.3 Å². The summed E-state index contributed by atoms with van der Waals surface area (Å²) in [5.74, 6) is 1.25. The van der Waals surface area contributed by atoms with E-state index in [0.29, 0.717) is 17.2 Å².